The third-order valence-corrected chi connectivity index (χ3v) is 3.23. The van der Waals surface area contributed by atoms with E-state index in [4.69, 9.17) is 0 Å². The van der Waals surface area contributed by atoms with Gasteiger partial charge in [-0.05, 0) is 42.2 Å². The van der Waals surface area contributed by atoms with Gasteiger partial charge in [0, 0.05) is 13.0 Å². The van der Waals surface area contributed by atoms with Gasteiger partial charge in [0.15, 0.2) is 0 Å². The number of aryl methyl sites for hydroxylation is 1. The van der Waals surface area contributed by atoms with E-state index in [2.05, 4.69) is 5.32 Å². The summed E-state index contributed by atoms with van der Waals surface area (Å²) in [6, 6.07) is 12.6. The van der Waals surface area contributed by atoms with Crippen molar-refractivity contribution < 1.29 is 13.6 Å². The number of rotatable bonds is 6. The molecule has 2 rings (SSSR count). The molecule has 2 aromatic rings. The maximum Gasteiger partial charge on any atom is 0.220 e. The number of benzene rings is 2. The number of halogens is 2. The lowest BCUT2D eigenvalue weighted by Crippen LogP contribution is -2.26. The van der Waals surface area contributed by atoms with E-state index < -0.39 is 0 Å². The number of nitrogens with one attached hydrogen (secondary N) is 1. The minimum atomic E-state index is -0.284. The Morgan fingerprint density at radius 2 is 1.67 bits per heavy atom. The van der Waals surface area contributed by atoms with Crippen LogP contribution in [0.4, 0.5) is 8.78 Å². The van der Waals surface area contributed by atoms with E-state index in [1.165, 1.54) is 18.2 Å². The van der Waals surface area contributed by atoms with Crippen LogP contribution in [-0.2, 0) is 17.6 Å². The summed E-state index contributed by atoms with van der Waals surface area (Å²) in [4.78, 5) is 11.7. The van der Waals surface area contributed by atoms with Gasteiger partial charge in [0.2, 0.25) is 5.91 Å². The van der Waals surface area contributed by atoms with Crippen LogP contribution in [0.5, 0.6) is 0 Å². The second kappa shape index (κ2) is 7.53. The highest BCUT2D eigenvalue weighted by molar-refractivity contribution is 5.76. The lowest BCUT2D eigenvalue weighted by Gasteiger charge is -2.06. The van der Waals surface area contributed by atoms with E-state index in [-0.39, 0.29) is 17.5 Å². The highest BCUT2D eigenvalue weighted by Crippen LogP contribution is 2.07. The number of carbonyl (C=O) groups excluding carboxylic acids is 1. The third kappa shape index (κ3) is 4.99. The molecule has 1 amide bonds. The summed E-state index contributed by atoms with van der Waals surface area (Å²) in [5, 5.41) is 2.76. The van der Waals surface area contributed by atoms with Crippen LogP contribution in [0, 0.1) is 11.6 Å². The molecule has 0 bridgehead atoms. The first kappa shape index (κ1) is 15.2. The van der Waals surface area contributed by atoms with Gasteiger partial charge in [-0.15, -0.1) is 0 Å². The van der Waals surface area contributed by atoms with E-state index in [1.54, 1.807) is 30.3 Å². The molecule has 0 aliphatic carbocycles. The SMILES string of the molecule is O=C(CCc1ccc(F)cc1)NCCc1ccccc1F. The van der Waals surface area contributed by atoms with Crippen LogP contribution in [0.25, 0.3) is 0 Å². The van der Waals surface area contributed by atoms with Gasteiger partial charge in [0.1, 0.15) is 11.6 Å². The highest BCUT2D eigenvalue weighted by atomic mass is 19.1. The molecular weight excluding hydrogens is 272 g/mol. The van der Waals surface area contributed by atoms with E-state index in [1.807, 2.05) is 0 Å². The Labute approximate surface area is 122 Å². The summed E-state index contributed by atoms with van der Waals surface area (Å²) >= 11 is 0. The molecule has 4 heteroatoms. The van der Waals surface area contributed by atoms with Crippen molar-refractivity contribution in [3.8, 4) is 0 Å². The Morgan fingerprint density at radius 1 is 0.952 bits per heavy atom. The van der Waals surface area contributed by atoms with Crippen LogP contribution in [-0.4, -0.2) is 12.5 Å². The molecule has 0 aliphatic heterocycles. The zero-order chi connectivity index (χ0) is 15.1. The number of hydrogen-bond donors (Lipinski definition) is 1. The second-order valence-corrected chi connectivity index (χ2v) is 4.82. The molecule has 0 unspecified atom stereocenters. The summed E-state index contributed by atoms with van der Waals surface area (Å²) in [5.74, 6) is -0.623. The first-order valence-electron chi connectivity index (χ1n) is 6.90. The third-order valence-electron chi connectivity index (χ3n) is 3.23. The molecule has 2 aromatic carbocycles. The topological polar surface area (TPSA) is 29.1 Å². The molecule has 0 aliphatic rings. The Kier molecular flexibility index (Phi) is 5.43. The van der Waals surface area contributed by atoms with Crippen molar-refractivity contribution in [3.63, 3.8) is 0 Å². The number of hydrogen-bond acceptors (Lipinski definition) is 1. The largest absolute Gasteiger partial charge is 0.356 e. The van der Waals surface area contributed by atoms with Gasteiger partial charge in [-0.3, -0.25) is 4.79 Å². The first-order chi connectivity index (χ1) is 10.1. The van der Waals surface area contributed by atoms with Crippen molar-refractivity contribution in [2.75, 3.05) is 6.54 Å². The van der Waals surface area contributed by atoms with E-state index in [9.17, 15) is 13.6 Å². The van der Waals surface area contributed by atoms with Crippen LogP contribution in [0.2, 0.25) is 0 Å². The van der Waals surface area contributed by atoms with Gasteiger partial charge in [-0.25, -0.2) is 8.78 Å². The fraction of sp³-hybridized carbons (Fsp3) is 0.235. The van der Waals surface area contributed by atoms with Gasteiger partial charge in [-0.2, -0.15) is 0 Å². The molecule has 0 saturated carbocycles. The Bertz CT molecular complexity index is 596. The molecule has 0 fully saturated rings. The summed E-state index contributed by atoms with van der Waals surface area (Å²) in [7, 11) is 0. The molecule has 0 radical (unpaired) electrons. The molecule has 1 N–H and O–H groups in total. The average molecular weight is 289 g/mol. The predicted molar refractivity (Wildman–Crippen MR) is 77.8 cm³/mol. The molecule has 0 spiro atoms. The Hall–Kier alpha value is -2.23. The molecule has 0 heterocycles. The molecule has 2 nitrogen and oxygen atoms in total. The molecule has 0 saturated heterocycles. The molecule has 0 aromatic heterocycles. The minimum absolute atomic E-state index is 0.0873. The zero-order valence-corrected chi connectivity index (χ0v) is 11.6. The zero-order valence-electron chi connectivity index (χ0n) is 11.6. The van der Waals surface area contributed by atoms with Crippen molar-refractivity contribution in [2.24, 2.45) is 0 Å². The van der Waals surface area contributed by atoms with E-state index >= 15 is 0 Å². The fourth-order valence-corrected chi connectivity index (χ4v) is 2.04. The summed E-state index contributed by atoms with van der Waals surface area (Å²) < 4.78 is 26.1. The maximum absolute atomic E-state index is 13.4. The predicted octanol–water partition coefficient (Wildman–Crippen LogP) is 3.26. The van der Waals surface area contributed by atoms with Crippen molar-refractivity contribution >= 4 is 5.91 Å². The Morgan fingerprint density at radius 3 is 2.38 bits per heavy atom. The molecule has 110 valence electrons. The Balaban J connectivity index is 1.70. The van der Waals surface area contributed by atoms with Crippen LogP contribution in [0.3, 0.4) is 0 Å². The van der Waals surface area contributed by atoms with Crippen molar-refractivity contribution in [2.45, 2.75) is 19.3 Å². The monoisotopic (exact) mass is 289 g/mol. The molecule has 0 atom stereocenters. The van der Waals surface area contributed by atoms with Gasteiger partial charge < -0.3 is 5.32 Å². The van der Waals surface area contributed by atoms with Crippen LogP contribution >= 0.6 is 0 Å². The smallest absolute Gasteiger partial charge is 0.220 e. The molecule has 21 heavy (non-hydrogen) atoms. The summed E-state index contributed by atoms with van der Waals surface area (Å²) in [5.41, 5.74) is 1.51. The summed E-state index contributed by atoms with van der Waals surface area (Å²) in [6.07, 6.45) is 1.36. The highest BCUT2D eigenvalue weighted by Gasteiger charge is 2.04. The first-order valence-corrected chi connectivity index (χ1v) is 6.90. The number of carbonyl (C=O) groups is 1. The summed E-state index contributed by atoms with van der Waals surface area (Å²) in [6.45, 7) is 0.406. The fourth-order valence-electron chi connectivity index (χ4n) is 2.04. The van der Waals surface area contributed by atoms with E-state index in [0.717, 1.165) is 5.56 Å². The standard InChI is InChI=1S/C17H17F2NO/c18-15-8-5-13(6-9-15)7-10-17(21)20-12-11-14-3-1-2-4-16(14)19/h1-6,8-9H,7,10-12H2,(H,20,21). The normalized spacial score (nSPS) is 10.4. The van der Waals surface area contributed by atoms with Crippen LogP contribution < -0.4 is 5.32 Å². The van der Waals surface area contributed by atoms with Crippen LogP contribution in [0.1, 0.15) is 17.5 Å². The minimum Gasteiger partial charge on any atom is -0.356 e. The van der Waals surface area contributed by atoms with Gasteiger partial charge in [-0.1, -0.05) is 30.3 Å². The van der Waals surface area contributed by atoms with Gasteiger partial charge in [0.05, 0.1) is 0 Å². The number of amides is 1. The molecular formula is C17H17F2NO. The lowest BCUT2D eigenvalue weighted by molar-refractivity contribution is -0.121. The quantitative estimate of drug-likeness (QED) is 0.869. The maximum atomic E-state index is 13.4. The van der Waals surface area contributed by atoms with Crippen LogP contribution in [0.15, 0.2) is 48.5 Å². The van der Waals surface area contributed by atoms with Gasteiger partial charge >= 0.3 is 0 Å². The second-order valence-electron chi connectivity index (χ2n) is 4.82. The van der Waals surface area contributed by atoms with E-state index in [0.29, 0.717) is 31.4 Å². The lowest BCUT2D eigenvalue weighted by atomic mass is 10.1. The van der Waals surface area contributed by atoms with Crippen molar-refractivity contribution in [1.29, 1.82) is 0 Å². The average Bonchev–Trinajstić information content (AvgIpc) is 2.49. The van der Waals surface area contributed by atoms with Crippen molar-refractivity contribution in [3.05, 3.63) is 71.3 Å². The van der Waals surface area contributed by atoms with Crippen molar-refractivity contribution in [1.82, 2.24) is 5.32 Å². The van der Waals surface area contributed by atoms with Gasteiger partial charge in [0.25, 0.3) is 0 Å².